The Kier molecular flexibility index (Phi) is 4.00. The topological polar surface area (TPSA) is 62.4 Å². The third-order valence-corrected chi connectivity index (χ3v) is 6.77. The number of nitrogens with zero attached hydrogens (tertiary/aromatic N) is 1. The number of sulfonamides is 1. The fourth-order valence-electron chi connectivity index (χ4n) is 3.49. The molecule has 0 fully saturated rings. The van der Waals surface area contributed by atoms with Crippen LogP contribution in [0.3, 0.4) is 0 Å². The third-order valence-electron chi connectivity index (χ3n) is 4.92. The van der Waals surface area contributed by atoms with Crippen LogP contribution in [0.5, 0.6) is 5.75 Å². The molecular weight excluding hydrogens is 355 g/mol. The van der Waals surface area contributed by atoms with Crippen LogP contribution in [-0.2, 0) is 23.0 Å². The van der Waals surface area contributed by atoms with Gasteiger partial charge >= 0.3 is 0 Å². The van der Waals surface area contributed by atoms with Gasteiger partial charge in [0.05, 0.1) is 17.5 Å². The zero-order valence-corrected chi connectivity index (χ0v) is 15.4. The van der Waals surface area contributed by atoms with Crippen molar-refractivity contribution in [3.63, 3.8) is 0 Å². The number of hydrogen-bond acceptors (Lipinski definition) is 3. The summed E-state index contributed by atoms with van der Waals surface area (Å²) in [4.78, 5) is 3.49. The van der Waals surface area contributed by atoms with Gasteiger partial charge in [-0.25, -0.2) is 12.8 Å². The minimum Gasteiger partial charge on any atom is -0.495 e. The summed E-state index contributed by atoms with van der Waals surface area (Å²) in [6, 6.07) is 9.65. The number of ether oxygens (including phenoxy) is 1. The monoisotopic (exact) mass is 374 g/mol. The maximum Gasteiger partial charge on any atom is 0.243 e. The molecule has 0 unspecified atom stereocenters. The lowest BCUT2D eigenvalue weighted by Crippen LogP contribution is -2.35. The highest BCUT2D eigenvalue weighted by atomic mass is 32.2. The Morgan fingerprint density at radius 3 is 2.77 bits per heavy atom. The van der Waals surface area contributed by atoms with Gasteiger partial charge in [0.1, 0.15) is 11.6 Å². The van der Waals surface area contributed by atoms with Crippen molar-refractivity contribution in [3.05, 3.63) is 59.0 Å². The number of H-pyrrole nitrogens is 1. The summed E-state index contributed by atoms with van der Waals surface area (Å²) in [5.41, 5.74) is 3.20. The van der Waals surface area contributed by atoms with Gasteiger partial charge in [-0.05, 0) is 42.3 Å². The lowest BCUT2D eigenvalue weighted by molar-refractivity contribution is 0.391. The highest BCUT2D eigenvalue weighted by Gasteiger charge is 2.31. The molecule has 7 heteroatoms. The zero-order chi connectivity index (χ0) is 18.5. The van der Waals surface area contributed by atoms with Gasteiger partial charge < -0.3 is 9.72 Å². The molecule has 0 saturated carbocycles. The molecule has 0 atom stereocenters. The number of aromatic nitrogens is 1. The standard InChI is InChI=1S/C19H19FN2O3S/c1-12-10-13(6-7-16(12)20)26(23,24)22-9-8-17-15(11-22)14-4-3-5-18(25-2)19(14)21-17/h3-7,10,21H,8-9,11H2,1-2H3. The summed E-state index contributed by atoms with van der Waals surface area (Å²) in [5.74, 6) is 0.328. The van der Waals surface area contributed by atoms with Gasteiger partial charge in [0.15, 0.2) is 0 Å². The van der Waals surface area contributed by atoms with Crippen LogP contribution < -0.4 is 4.74 Å². The first-order chi connectivity index (χ1) is 12.4. The number of methoxy groups -OCH3 is 1. The molecule has 0 bridgehead atoms. The Labute approximate surface area is 151 Å². The van der Waals surface area contributed by atoms with Crippen molar-refractivity contribution >= 4 is 20.9 Å². The summed E-state index contributed by atoms with van der Waals surface area (Å²) in [5, 5.41) is 0.967. The van der Waals surface area contributed by atoms with Crippen LogP contribution in [0.1, 0.15) is 16.8 Å². The van der Waals surface area contributed by atoms with Crippen molar-refractivity contribution in [3.8, 4) is 5.75 Å². The first kappa shape index (κ1) is 17.1. The number of rotatable bonds is 3. The van der Waals surface area contributed by atoms with E-state index in [0.29, 0.717) is 18.5 Å². The molecule has 1 aliphatic heterocycles. The molecule has 0 saturated heterocycles. The van der Waals surface area contributed by atoms with Gasteiger partial charge in [-0.15, -0.1) is 0 Å². The number of aromatic amines is 1. The first-order valence-corrected chi connectivity index (χ1v) is 9.78. The van der Waals surface area contributed by atoms with Crippen LogP contribution in [0.15, 0.2) is 41.3 Å². The van der Waals surface area contributed by atoms with Crippen molar-refractivity contribution in [1.82, 2.24) is 9.29 Å². The van der Waals surface area contributed by atoms with E-state index in [4.69, 9.17) is 4.74 Å². The van der Waals surface area contributed by atoms with Crippen molar-refractivity contribution in [2.24, 2.45) is 0 Å². The van der Waals surface area contributed by atoms with E-state index in [1.165, 1.54) is 22.5 Å². The molecule has 2 heterocycles. The Bertz CT molecular complexity index is 1110. The quantitative estimate of drug-likeness (QED) is 0.765. The van der Waals surface area contributed by atoms with Crippen LogP contribution in [0, 0.1) is 12.7 Å². The number of hydrogen-bond donors (Lipinski definition) is 1. The average molecular weight is 374 g/mol. The summed E-state index contributed by atoms with van der Waals surface area (Å²) in [7, 11) is -2.07. The van der Waals surface area contributed by atoms with E-state index in [1.807, 2.05) is 18.2 Å². The summed E-state index contributed by atoms with van der Waals surface area (Å²) >= 11 is 0. The molecule has 0 spiro atoms. The van der Waals surface area contributed by atoms with E-state index in [0.717, 1.165) is 27.9 Å². The molecule has 0 radical (unpaired) electrons. The molecule has 1 N–H and O–H groups in total. The fourth-order valence-corrected chi connectivity index (χ4v) is 4.98. The third kappa shape index (κ3) is 2.59. The van der Waals surface area contributed by atoms with Gasteiger partial charge in [-0.3, -0.25) is 0 Å². The number of fused-ring (bicyclic) bond motifs is 3. The van der Waals surface area contributed by atoms with E-state index in [1.54, 1.807) is 14.0 Å². The second kappa shape index (κ2) is 6.10. The number of aryl methyl sites for hydroxylation is 1. The summed E-state index contributed by atoms with van der Waals surface area (Å²) in [6.45, 7) is 2.22. The Balaban J connectivity index is 1.75. The minimum absolute atomic E-state index is 0.122. The second-order valence-corrected chi connectivity index (χ2v) is 8.40. The molecule has 0 aliphatic carbocycles. The Morgan fingerprint density at radius 2 is 2.04 bits per heavy atom. The van der Waals surface area contributed by atoms with Gasteiger partial charge in [0.2, 0.25) is 10.0 Å². The molecule has 4 rings (SSSR count). The predicted molar refractivity (Wildman–Crippen MR) is 97.3 cm³/mol. The lowest BCUT2D eigenvalue weighted by atomic mass is 10.1. The summed E-state index contributed by atoms with van der Waals surface area (Å²) < 4.78 is 46.4. The van der Waals surface area contributed by atoms with Gasteiger partial charge in [0.25, 0.3) is 0 Å². The lowest BCUT2D eigenvalue weighted by Gasteiger charge is -2.26. The van der Waals surface area contributed by atoms with Gasteiger partial charge in [0, 0.05) is 30.6 Å². The van der Waals surface area contributed by atoms with E-state index in [2.05, 4.69) is 4.98 Å². The van der Waals surface area contributed by atoms with Crippen molar-refractivity contribution < 1.29 is 17.5 Å². The van der Waals surface area contributed by atoms with Crippen LogP contribution in [-0.4, -0.2) is 31.4 Å². The second-order valence-electron chi connectivity index (χ2n) is 6.46. The molecule has 1 aliphatic rings. The van der Waals surface area contributed by atoms with Crippen LogP contribution in [0.25, 0.3) is 10.9 Å². The minimum atomic E-state index is -3.68. The van der Waals surface area contributed by atoms with Crippen LogP contribution in [0.2, 0.25) is 0 Å². The molecule has 5 nitrogen and oxygen atoms in total. The van der Waals surface area contributed by atoms with E-state index in [9.17, 15) is 12.8 Å². The van der Waals surface area contributed by atoms with E-state index >= 15 is 0 Å². The Morgan fingerprint density at radius 1 is 1.23 bits per heavy atom. The van der Waals surface area contributed by atoms with Crippen molar-refractivity contribution in [2.75, 3.05) is 13.7 Å². The number of para-hydroxylation sites is 1. The summed E-state index contributed by atoms with van der Waals surface area (Å²) in [6.07, 6.45) is 0.590. The smallest absolute Gasteiger partial charge is 0.243 e. The number of benzene rings is 2. The molecule has 0 amide bonds. The van der Waals surface area contributed by atoms with Crippen LogP contribution >= 0.6 is 0 Å². The highest BCUT2D eigenvalue weighted by molar-refractivity contribution is 7.89. The Hall–Kier alpha value is -2.38. The highest BCUT2D eigenvalue weighted by Crippen LogP contribution is 2.34. The van der Waals surface area contributed by atoms with E-state index in [-0.39, 0.29) is 11.4 Å². The predicted octanol–water partition coefficient (Wildman–Crippen LogP) is 3.37. The molecule has 3 aromatic rings. The fraction of sp³-hybridized carbons (Fsp3) is 0.263. The van der Waals surface area contributed by atoms with Crippen molar-refractivity contribution in [2.45, 2.75) is 24.8 Å². The van der Waals surface area contributed by atoms with Crippen molar-refractivity contribution in [1.29, 1.82) is 0 Å². The van der Waals surface area contributed by atoms with E-state index < -0.39 is 15.8 Å². The molecule has 1 aromatic heterocycles. The maximum absolute atomic E-state index is 13.5. The molecular formula is C19H19FN2O3S. The van der Waals surface area contributed by atoms with Gasteiger partial charge in [-0.2, -0.15) is 4.31 Å². The molecule has 136 valence electrons. The number of halogens is 1. The number of nitrogens with one attached hydrogen (secondary N) is 1. The normalized spacial score (nSPS) is 15.2. The largest absolute Gasteiger partial charge is 0.495 e. The maximum atomic E-state index is 13.5. The SMILES string of the molecule is COc1cccc2c3c([nH]c12)CCN(S(=O)(=O)c1ccc(F)c(C)c1)C3. The van der Waals surface area contributed by atoms with Gasteiger partial charge in [-0.1, -0.05) is 12.1 Å². The molecule has 2 aromatic carbocycles. The first-order valence-electron chi connectivity index (χ1n) is 8.34. The average Bonchev–Trinajstić information content (AvgIpc) is 3.01. The van der Waals surface area contributed by atoms with Crippen LogP contribution in [0.4, 0.5) is 4.39 Å². The molecule has 26 heavy (non-hydrogen) atoms. The zero-order valence-electron chi connectivity index (χ0n) is 14.5.